The Balaban J connectivity index is 2.07. The lowest BCUT2D eigenvalue weighted by Gasteiger charge is -2.23. The van der Waals surface area contributed by atoms with E-state index < -0.39 is 15.9 Å². The lowest BCUT2D eigenvalue weighted by atomic mass is 10.1. The summed E-state index contributed by atoms with van der Waals surface area (Å²) in [6.45, 7) is 4.01. The number of amides is 1. The zero-order chi connectivity index (χ0) is 20.0. The van der Waals surface area contributed by atoms with E-state index in [-0.39, 0.29) is 12.6 Å². The molecular weight excluding hydrogens is 388 g/mol. The van der Waals surface area contributed by atoms with Crippen LogP contribution in [0.1, 0.15) is 25.5 Å². The van der Waals surface area contributed by atoms with Crippen molar-refractivity contribution in [1.82, 2.24) is 5.32 Å². The van der Waals surface area contributed by atoms with Crippen LogP contribution < -0.4 is 14.4 Å². The van der Waals surface area contributed by atoms with Gasteiger partial charge in [0.1, 0.15) is 12.3 Å². The van der Waals surface area contributed by atoms with Crippen molar-refractivity contribution in [1.29, 1.82) is 0 Å². The van der Waals surface area contributed by atoms with Crippen LogP contribution in [-0.4, -0.2) is 33.7 Å². The molecular formula is C19H23ClN2O4S. The van der Waals surface area contributed by atoms with Crippen molar-refractivity contribution in [2.45, 2.75) is 19.9 Å². The molecule has 0 bridgehead atoms. The van der Waals surface area contributed by atoms with Crippen molar-refractivity contribution in [3.63, 3.8) is 0 Å². The number of nitrogens with zero attached hydrogens (tertiary/aromatic N) is 1. The Labute approximate surface area is 165 Å². The van der Waals surface area contributed by atoms with Crippen molar-refractivity contribution < 1.29 is 17.9 Å². The standard InChI is InChI=1S/C19H23ClN2O4S/c1-4-26-18-11-5-15(6-12-18)14(2)21-19(23)13-22(27(3,24)25)17-9-7-16(20)8-10-17/h5-12,14H,4,13H2,1-3H3,(H,21,23). The average Bonchev–Trinajstić information content (AvgIpc) is 2.60. The molecule has 1 unspecified atom stereocenters. The summed E-state index contributed by atoms with van der Waals surface area (Å²) in [5, 5.41) is 3.31. The van der Waals surface area contributed by atoms with Crippen LogP contribution in [0, 0.1) is 0 Å². The third-order valence-corrected chi connectivity index (χ3v) is 5.26. The molecule has 1 atom stereocenters. The molecule has 0 aliphatic carbocycles. The van der Waals surface area contributed by atoms with Crippen LogP contribution in [0.3, 0.4) is 0 Å². The molecule has 0 saturated heterocycles. The summed E-state index contributed by atoms with van der Waals surface area (Å²) < 4.78 is 30.7. The number of carbonyl (C=O) groups is 1. The first-order valence-electron chi connectivity index (χ1n) is 8.46. The van der Waals surface area contributed by atoms with E-state index in [1.54, 1.807) is 24.3 Å². The molecule has 0 radical (unpaired) electrons. The second kappa shape index (κ2) is 9.10. The van der Waals surface area contributed by atoms with E-state index in [0.29, 0.717) is 17.3 Å². The van der Waals surface area contributed by atoms with E-state index in [4.69, 9.17) is 16.3 Å². The van der Waals surface area contributed by atoms with Gasteiger partial charge in [-0.05, 0) is 55.8 Å². The van der Waals surface area contributed by atoms with Gasteiger partial charge in [0.15, 0.2) is 0 Å². The van der Waals surface area contributed by atoms with Crippen molar-refractivity contribution in [3.05, 3.63) is 59.1 Å². The predicted octanol–water partition coefficient (Wildman–Crippen LogP) is 3.38. The molecule has 0 fully saturated rings. The number of hydrogen-bond donors (Lipinski definition) is 1. The highest BCUT2D eigenvalue weighted by molar-refractivity contribution is 7.92. The lowest BCUT2D eigenvalue weighted by molar-refractivity contribution is -0.120. The number of sulfonamides is 1. The Hall–Kier alpha value is -2.25. The highest BCUT2D eigenvalue weighted by Gasteiger charge is 2.21. The molecule has 0 heterocycles. The number of anilines is 1. The van der Waals surface area contributed by atoms with Gasteiger partial charge in [-0.3, -0.25) is 9.10 Å². The molecule has 1 N–H and O–H groups in total. The Bertz CT molecular complexity index is 868. The van der Waals surface area contributed by atoms with E-state index in [1.165, 1.54) is 0 Å². The monoisotopic (exact) mass is 410 g/mol. The highest BCUT2D eigenvalue weighted by Crippen LogP contribution is 2.21. The highest BCUT2D eigenvalue weighted by atomic mass is 35.5. The van der Waals surface area contributed by atoms with Crippen molar-refractivity contribution in [3.8, 4) is 5.75 Å². The number of halogens is 1. The van der Waals surface area contributed by atoms with Gasteiger partial charge >= 0.3 is 0 Å². The molecule has 146 valence electrons. The third kappa shape index (κ3) is 6.15. The molecule has 6 nitrogen and oxygen atoms in total. The first kappa shape index (κ1) is 21.1. The summed E-state index contributed by atoms with van der Waals surface area (Å²) in [5.41, 5.74) is 1.27. The summed E-state index contributed by atoms with van der Waals surface area (Å²) in [7, 11) is -3.63. The molecule has 2 aromatic carbocycles. The Morgan fingerprint density at radius 1 is 1.15 bits per heavy atom. The number of ether oxygens (including phenoxy) is 1. The Morgan fingerprint density at radius 2 is 1.74 bits per heavy atom. The third-order valence-electron chi connectivity index (χ3n) is 3.87. The summed E-state index contributed by atoms with van der Waals surface area (Å²) in [5.74, 6) is 0.350. The zero-order valence-electron chi connectivity index (χ0n) is 15.5. The van der Waals surface area contributed by atoms with Gasteiger partial charge in [-0.1, -0.05) is 23.7 Å². The van der Waals surface area contributed by atoms with Crippen LogP contribution in [0.15, 0.2) is 48.5 Å². The van der Waals surface area contributed by atoms with E-state index >= 15 is 0 Å². The van der Waals surface area contributed by atoms with Crippen LogP contribution in [0.25, 0.3) is 0 Å². The minimum atomic E-state index is -3.63. The minimum absolute atomic E-state index is 0.278. The maximum absolute atomic E-state index is 12.4. The number of benzene rings is 2. The van der Waals surface area contributed by atoms with Crippen LogP contribution >= 0.6 is 11.6 Å². The topological polar surface area (TPSA) is 75.7 Å². The van der Waals surface area contributed by atoms with Gasteiger partial charge in [-0.2, -0.15) is 0 Å². The SMILES string of the molecule is CCOc1ccc(C(C)NC(=O)CN(c2ccc(Cl)cc2)S(C)(=O)=O)cc1. The zero-order valence-corrected chi connectivity index (χ0v) is 17.0. The van der Waals surface area contributed by atoms with Gasteiger partial charge in [0.25, 0.3) is 0 Å². The molecule has 2 rings (SSSR count). The normalized spacial score (nSPS) is 12.3. The maximum atomic E-state index is 12.4. The summed E-state index contributed by atoms with van der Waals surface area (Å²) >= 11 is 5.85. The van der Waals surface area contributed by atoms with Gasteiger partial charge in [0, 0.05) is 5.02 Å². The van der Waals surface area contributed by atoms with Crippen molar-refractivity contribution >= 4 is 33.2 Å². The molecule has 8 heteroatoms. The first-order chi connectivity index (χ1) is 12.7. The van der Waals surface area contributed by atoms with Gasteiger partial charge in [0.05, 0.1) is 24.6 Å². The molecule has 0 aliphatic rings. The molecule has 0 saturated carbocycles. The summed E-state index contributed by atoms with van der Waals surface area (Å²) in [6, 6.07) is 13.4. The predicted molar refractivity (Wildman–Crippen MR) is 108 cm³/mol. The van der Waals surface area contributed by atoms with Crippen molar-refractivity contribution in [2.75, 3.05) is 23.7 Å². The van der Waals surface area contributed by atoms with Crippen LogP contribution in [-0.2, 0) is 14.8 Å². The molecule has 1 amide bonds. The first-order valence-corrected chi connectivity index (χ1v) is 10.7. The minimum Gasteiger partial charge on any atom is -0.494 e. The Morgan fingerprint density at radius 3 is 2.26 bits per heavy atom. The van der Waals surface area contributed by atoms with E-state index in [0.717, 1.165) is 21.9 Å². The molecule has 0 spiro atoms. The smallest absolute Gasteiger partial charge is 0.241 e. The fraction of sp³-hybridized carbons (Fsp3) is 0.316. The second-order valence-corrected chi connectivity index (χ2v) is 8.38. The van der Waals surface area contributed by atoms with Crippen molar-refractivity contribution in [2.24, 2.45) is 0 Å². The Kier molecular flexibility index (Phi) is 7.10. The van der Waals surface area contributed by atoms with E-state index in [1.807, 2.05) is 38.1 Å². The van der Waals surface area contributed by atoms with E-state index in [2.05, 4.69) is 5.32 Å². The van der Waals surface area contributed by atoms with Gasteiger partial charge in [0.2, 0.25) is 15.9 Å². The summed E-state index contributed by atoms with van der Waals surface area (Å²) in [6.07, 6.45) is 1.06. The molecule has 2 aromatic rings. The number of carbonyl (C=O) groups excluding carboxylic acids is 1. The molecule has 0 aromatic heterocycles. The van der Waals surface area contributed by atoms with Gasteiger partial charge < -0.3 is 10.1 Å². The second-order valence-electron chi connectivity index (χ2n) is 6.04. The number of rotatable bonds is 8. The molecule has 0 aliphatic heterocycles. The van der Waals surface area contributed by atoms with Crippen LogP contribution in [0.2, 0.25) is 5.02 Å². The lowest BCUT2D eigenvalue weighted by Crippen LogP contribution is -2.41. The number of nitrogens with one attached hydrogen (secondary N) is 1. The average molecular weight is 411 g/mol. The fourth-order valence-electron chi connectivity index (χ4n) is 2.53. The van der Waals surface area contributed by atoms with Crippen LogP contribution in [0.5, 0.6) is 5.75 Å². The quantitative estimate of drug-likeness (QED) is 0.723. The van der Waals surface area contributed by atoms with E-state index in [9.17, 15) is 13.2 Å². The largest absolute Gasteiger partial charge is 0.494 e. The number of hydrogen-bond acceptors (Lipinski definition) is 4. The molecule has 27 heavy (non-hydrogen) atoms. The summed E-state index contributed by atoms with van der Waals surface area (Å²) in [4.78, 5) is 12.4. The van der Waals surface area contributed by atoms with Gasteiger partial charge in [-0.15, -0.1) is 0 Å². The van der Waals surface area contributed by atoms with Crippen LogP contribution in [0.4, 0.5) is 5.69 Å². The van der Waals surface area contributed by atoms with Gasteiger partial charge in [-0.25, -0.2) is 8.42 Å². The maximum Gasteiger partial charge on any atom is 0.241 e. The fourth-order valence-corrected chi connectivity index (χ4v) is 3.51.